The van der Waals surface area contributed by atoms with E-state index >= 15 is 0 Å². The Morgan fingerprint density at radius 1 is 1.50 bits per heavy atom. The third kappa shape index (κ3) is 4.23. The number of ether oxygens (including phenoxy) is 1. The summed E-state index contributed by atoms with van der Waals surface area (Å²) in [6.45, 7) is 7.72. The molecule has 1 saturated heterocycles. The highest BCUT2D eigenvalue weighted by molar-refractivity contribution is 5.67. The van der Waals surface area contributed by atoms with Gasteiger partial charge in [0.25, 0.3) is 0 Å². The van der Waals surface area contributed by atoms with E-state index < -0.39 is 5.97 Å². The van der Waals surface area contributed by atoms with Crippen LogP contribution in [0.3, 0.4) is 0 Å². The van der Waals surface area contributed by atoms with Gasteiger partial charge in [-0.1, -0.05) is 0 Å². The van der Waals surface area contributed by atoms with Gasteiger partial charge in [-0.25, -0.2) is 0 Å². The van der Waals surface area contributed by atoms with Gasteiger partial charge in [-0.3, -0.25) is 9.69 Å². The number of hydrogen-bond acceptors (Lipinski definition) is 4. The van der Waals surface area contributed by atoms with E-state index in [9.17, 15) is 4.79 Å². The summed E-state index contributed by atoms with van der Waals surface area (Å²) in [7, 11) is 3.72. The van der Waals surface area contributed by atoms with Gasteiger partial charge in [-0.2, -0.15) is 0 Å². The summed E-state index contributed by atoms with van der Waals surface area (Å²) in [6, 6.07) is 0.0844. The van der Waals surface area contributed by atoms with Crippen molar-refractivity contribution in [2.75, 3.05) is 40.4 Å². The molecule has 1 heterocycles. The number of carboxylic acid groups (broad SMARTS) is 1. The Kier molecular flexibility index (Phi) is 5.56. The van der Waals surface area contributed by atoms with E-state index in [-0.39, 0.29) is 18.0 Å². The zero-order valence-electron chi connectivity index (χ0n) is 12.0. The van der Waals surface area contributed by atoms with Gasteiger partial charge in [-0.05, 0) is 33.9 Å². The van der Waals surface area contributed by atoms with Crippen molar-refractivity contribution in [1.82, 2.24) is 9.80 Å². The van der Waals surface area contributed by atoms with Gasteiger partial charge in [0, 0.05) is 31.8 Å². The molecule has 1 rings (SSSR count). The van der Waals surface area contributed by atoms with Crippen molar-refractivity contribution in [2.45, 2.75) is 38.3 Å². The topological polar surface area (TPSA) is 53.0 Å². The molecule has 1 aliphatic heterocycles. The van der Waals surface area contributed by atoms with Crippen LogP contribution in [0.15, 0.2) is 0 Å². The Labute approximate surface area is 110 Å². The first-order valence-electron chi connectivity index (χ1n) is 6.53. The average molecular weight is 258 g/mol. The molecule has 0 aromatic carbocycles. The first kappa shape index (κ1) is 15.4. The van der Waals surface area contributed by atoms with E-state index in [1.54, 1.807) is 7.11 Å². The molecule has 1 unspecified atom stereocenters. The lowest BCUT2D eigenvalue weighted by Gasteiger charge is -2.37. The third-order valence-corrected chi connectivity index (χ3v) is 3.96. The molecule has 0 aromatic heterocycles. The normalized spacial score (nSPS) is 25.9. The molecule has 18 heavy (non-hydrogen) atoms. The maximum Gasteiger partial charge on any atom is 0.304 e. The highest BCUT2D eigenvalue weighted by Gasteiger charge is 2.34. The van der Waals surface area contributed by atoms with Crippen molar-refractivity contribution in [3.05, 3.63) is 0 Å². The van der Waals surface area contributed by atoms with E-state index in [1.165, 1.54) is 0 Å². The van der Waals surface area contributed by atoms with Gasteiger partial charge >= 0.3 is 5.97 Å². The lowest BCUT2D eigenvalue weighted by atomic mass is 9.98. The van der Waals surface area contributed by atoms with Crippen molar-refractivity contribution in [1.29, 1.82) is 0 Å². The number of rotatable bonds is 5. The number of aliphatic carboxylic acids is 1. The second-order valence-electron chi connectivity index (χ2n) is 5.73. The summed E-state index contributed by atoms with van der Waals surface area (Å²) in [5, 5.41) is 9.00. The molecule has 0 aromatic rings. The summed E-state index contributed by atoms with van der Waals surface area (Å²) in [5.74, 6) is -0.724. The Bertz CT molecular complexity index is 281. The standard InChI is InChI=1S/C13H26N2O3/c1-13(2)5-6-14(3)11(9-12(16)17)10-15(13)7-8-18-4/h11H,5-10H2,1-4H3,(H,16,17). The highest BCUT2D eigenvalue weighted by Crippen LogP contribution is 2.25. The van der Waals surface area contributed by atoms with Gasteiger partial charge in [0.2, 0.25) is 0 Å². The van der Waals surface area contributed by atoms with E-state index in [1.807, 2.05) is 7.05 Å². The maximum atomic E-state index is 10.9. The highest BCUT2D eigenvalue weighted by atomic mass is 16.5. The number of carboxylic acids is 1. The van der Waals surface area contributed by atoms with Crippen molar-refractivity contribution < 1.29 is 14.6 Å². The van der Waals surface area contributed by atoms with Crippen LogP contribution in [0.25, 0.3) is 0 Å². The molecule has 5 nitrogen and oxygen atoms in total. The molecular weight excluding hydrogens is 232 g/mol. The summed E-state index contributed by atoms with van der Waals surface area (Å²) >= 11 is 0. The molecule has 1 N–H and O–H groups in total. The van der Waals surface area contributed by atoms with Crippen LogP contribution in [0.2, 0.25) is 0 Å². The fraction of sp³-hybridized carbons (Fsp3) is 0.923. The number of hydrogen-bond donors (Lipinski definition) is 1. The average Bonchev–Trinajstić information content (AvgIpc) is 2.37. The second-order valence-corrected chi connectivity index (χ2v) is 5.73. The van der Waals surface area contributed by atoms with E-state index in [0.29, 0.717) is 6.61 Å². The molecule has 0 saturated carbocycles. The van der Waals surface area contributed by atoms with Crippen molar-refractivity contribution in [3.8, 4) is 0 Å². The number of likely N-dealkylation sites (N-methyl/N-ethyl adjacent to an activating group) is 1. The van der Waals surface area contributed by atoms with E-state index in [2.05, 4.69) is 23.6 Å². The quantitative estimate of drug-likeness (QED) is 0.794. The fourth-order valence-electron chi connectivity index (χ4n) is 2.45. The molecule has 1 aliphatic rings. The first-order valence-corrected chi connectivity index (χ1v) is 6.53. The van der Waals surface area contributed by atoms with Gasteiger partial charge in [0.05, 0.1) is 13.0 Å². The fourth-order valence-corrected chi connectivity index (χ4v) is 2.45. The van der Waals surface area contributed by atoms with Crippen molar-refractivity contribution in [2.24, 2.45) is 0 Å². The monoisotopic (exact) mass is 258 g/mol. The van der Waals surface area contributed by atoms with Gasteiger partial charge in [0.15, 0.2) is 0 Å². The molecule has 0 bridgehead atoms. The van der Waals surface area contributed by atoms with Crippen LogP contribution in [-0.2, 0) is 9.53 Å². The summed E-state index contributed by atoms with van der Waals surface area (Å²) < 4.78 is 5.15. The lowest BCUT2D eigenvalue weighted by Crippen LogP contribution is -2.48. The van der Waals surface area contributed by atoms with Crippen molar-refractivity contribution >= 4 is 5.97 Å². The largest absolute Gasteiger partial charge is 0.481 e. The molecule has 5 heteroatoms. The maximum absolute atomic E-state index is 10.9. The predicted octanol–water partition coefficient (Wildman–Crippen LogP) is 0.892. The van der Waals surface area contributed by atoms with Crippen LogP contribution in [0.4, 0.5) is 0 Å². The Balaban J connectivity index is 2.74. The van der Waals surface area contributed by atoms with Crippen LogP contribution >= 0.6 is 0 Å². The van der Waals surface area contributed by atoms with Gasteiger partial charge in [0.1, 0.15) is 0 Å². The first-order chi connectivity index (χ1) is 8.36. The second kappa shape index (κ2) is 6.50. The van der Waals surface area contributed by atoms with Gasteiger partial charge in [-0.15, -0.1) is 0 Å². The van der Waals surface area contributed by atoms with Crippen LogP contribution in [0, 0.1) is 0 Å². The van der Waals surface area contributed by atoms with Crippen LogP contribution in [-0.4, -0.2) is 72.9 Å². The zero-order chi connectivity index (χ0) is 13.8. The molecule has 0 aliphatic carbocycles. The molecular formula is C13H26N2O3. The smallest absolute Gasteiger partial charge is 0.304 e. The molecule has 1 atom stereocenters. The molecule has 0 radical (unpaired) electrons. The minimum atomic E-state index is -0.724. The van der Waals surface area contributed by atoms with E-state index in [0.717, 1.165) is 26.1 Å². The summed E-state index contributed by atoms with van der Waals surface area (Å²) in [6.07, 6.45) is 1.25. The third-order valence-electron chi connectivity index (χ3n) is 3.96. The van der Waals surface area contributed by atoms with Crippen LogP contribution in [0.5, 0.6) is 0 Å². The van der Waals surface area contributed by atoms with Crippen LogP contribution in [0.1, 0.15) is 26.7 Å². The minimum Gasteiger partial charge on any atom is -0.481 e. The Morgan fingerprint density at radius 3 is 2.72 bits per heavy atom. The van der Waals surface area contributed by atoms with Crippen molar-refractivity contribution in [3.63, 3.8) is 0 Å². The Morgan fingerprint density at radius 2 is 2.17 bits per heavy atom. The van der Waals surface area contributed by atoms with E-state index in [4.69, 9.17) is 9.84 Å². The number of nitrogens with zero attached hydrogens (tertiary/aromatic N) is 2. The number of carbonyl (C=O) groups is 1. The zero-order valence-corrected chi connectivity index (χ0v) is 12.0. The van der Waals surface area contributed by atoms with Crippen LogP contribution < -0.4 is 0 Å². The molecule has 0 spiro atoms. The lowest BCUT2D eigenvalue weighted by molar-refractivity contribution is -0.138. The Hall–Kier alpha value is -0.650. The summed E-state index contributed by atoms with van der Waals surface area (Å²) in [5.41, 5.74) is 0.0973. The molecule has 106 valence electrons. The number of methoxy groups -OCH3 is 1. The summed E-state index contributed by atoms with van der Waals surface area (Å²) in [4.78, 5) is 15.5. The minimum absolute atomic E-state index is 0.0844. The molecule has 1 fully saturated rings. The SMILES string of the molecule is COCCN1CC(CC(=O)O)N(C)CCC1(C)C. The predicted molar refractivity (Wildman–Crippen MR) is 70.8 cm³/mol. The van der Waals surface area contributed by atoms with Gasteiger partial charge < -0.3 is 14.7 Å². The molecule has 0 amide bonds.